The summed E-state index contributed by atoms with van der Waals surface area (Å²) in [5.41, 5.74) is 3.96. The number of hydrogen-bond donors (Lipinski definition) is 1. The van der Waals surface area contributed by atoms with Crippen molar-refractivity contribution in [2.24, 2.45) is 0 Å². The van der Waals surface area contributed by atoms with Crippen LogP contribution in [-0.4, -0.2) is 35.1 Å². The maximum atomic E-state index is 4.47. The Morgan fingerprint density at radius 3 is 2.33 bits per heavy atom. The minimum Gasteiger partial charge on any atom is -0.314 e. The summed E-state index contributed by atoms with van der Waals surface area (Å²) < 4.78 is 0. The Bertz CT molecular complexity index is 891. The van der Waals surface area contributed by atoms with E-state index in [1.165, 1.54) is 21.7 Å². The molecule has 1 N–H and O–H groups in total. The van der Waals surface area contributed by atoms with E-state index < -0.39 is 0 Å². The first-order valence-corrected chi connectivity index (χ1v) is 10.4. The molecule has 3 atom stereocenters. The van der Waals surface area contributed by atoms with Crippen molar-refractivity contribution < 1.29 is 0 Å². The predicted octanol–water partition coefficient (Wildman–Crippen LogP) is 4.25. The highest BCUT2D eigenvalue weighted by Gasteiger charge is 2.51. The smallest absolute Gasteiger partial charge is 0.107 e. The van der Waals surface area contributed by atoms with Crippen molar-refractivity contribution in [2.75, 3.05) is 13.1 Å². The Labute approximate surface area is 164 Å². The van der Waals surface area contributed by atoms with E-state index in [1.807, 2.05) is 12.3 Å². The third-order valence-electron chi connectivity index (χ3n) is 5.78. The molecule has 2 fully saturated rings. The van der Waals surface area contributed by atoms with Gasteiger partial charge in [0.1, 0.15) is 5.01 Å². The first kappa shape index (κ1) is 16.9. The number of piperazine rings is 1. The van der Waals surface area contributed by atoms with Crippen molar-refractivity contribution in [1.29, 1.82) is 0 Å². The van der Waals surface area contributed by atoms with Gasteiger partial charge in [0.05, 0.1) is 6.54 Å². The molecule has 3 nitrogen and oxygen atoms in total. The number of nitrogens with one attached hydrogen (secondary N) is 1. The fraction of sp³-hybridized carbons (Fsp3) is 0.261. The number of fused-ring (bicyclic) bond motifs is 2. The summed E-state index contributed by atoms with van der Waals surface area (Å²) in [4.78, 5) is 7.10. The van der Waals surface area contributed by atoms with Crippen LogP contribution >= 0.6 is 11.3 Å². The van der Waals surface area contributed by atoms with E-state index in [9.17, 15) is 0 Å². The number of nitrogens with zero attached hydrogens (tertiary/aromatic N) is 2. The maximum Gasteiger partial charge on any atom is 0.107 e. The summed E-state index contributed by atoms with van der Waals surface area (Å²) in [6.45, 7) is 3.13. The Balaban J connectivity index is 1.29. The zero-order valence-electron chi connectivity index (χ0n) is 15.2. The van der Waals surface area contributed by atoms with E-state index in [2.05, 4.69) is 81.3 Å². The highest BCUT2D eigenvalue weighted by molar-refractivity contribution is 7.09. The lowest BCUT2D eigenvalue weighted by Crippen LogP contribution is -2.72. The maximum absolute atomic E-state index is 4.47. The summed E-state index contributed by atoms with van der Waals surface area (Å²) in [6.07, 6.45) is 6.27. The largest absolute Gasteiger partial charge is 0.314 e. The first-order chi connectivity index (χ1) is 13.4. The second-order valence-electron chi connectivity index (χ2n) is 7.33. The molecule has 3 heterocycles. The van der Waals surface area contributed by atoms with E-state index >= 15 is 0 Å². The van der Waals surface area contributed by atoms with Crippen LogP contribution in [0.3, 0.4) is 0 Å². The highest BCUT2D eigenvalue weighted by atomic mass is 32.1. The SMILES string of the molecule is C(=C\c1ccc(C2[C@H]3CNC[C@@H]2N3Cc2nccs2)cc1)/c1ccccc1. The van der Waals surface area contributed by atoms with Gasteiger partial charge in [-0.05, 0) is 16.7 Å². The van der Waals surface area contributed by atoms with E-state index in [0.717, 1.165) is 19.6 Å². The Hall–Kier alpha value is -2.27. The van der Waals surface area contributed by atoms with Crippen molar-refractivity contribution in [3.63, 3.8) is 0 Å². The summed E-state index contributed by atoms with van der Waals surface area (Å²) in [7, 11) is 0. The third-order valence-corrected chi connectivity index (χ3v) is 6.54. The van der Waals surface area contributed by atoms with Gasteiger partial charge < -0.3 is 5.32 Å². The molecular formula is C23H23N3S. The Kier molecular flexibility index (Phi) is 4.62. The zero-order chi connectivity index (χ0) is 18.1. The molecule has 1 unspecified atom stereocenters. The van der Waals surface area contributed by atoms with Gasteiger partial charge in [-0.2, -0.15) is 0 Å². The average Bonchev–Trinajstić information content (AvgIpc) is 3.25. The van der Waals surface area contributed by atoms with Crippen LogP contribution in [0.2, 0.25) is 0 Å². The van der Waals surface area contributed by atoms with Crippen LogP contribution < -0.4 is 5.32 Å². The molecule has 136 valence electrons. The van der Waals surface area contributed by atoms with Crippen LogP contribution in [0.1, 0.15) is 27.6 Å². The monoisotopic (exact) mass is 373 g/mol. The van der Waals surface area contributed by atoms with Gasteiger partial charge in [-0.25, -0.2) is 4.98 Å². The van der Waals surface area contributed by atoms with Crippen molar-refractivity contribution in [1.82, 2.24) is 15.2 Å². The molecular weight excluding hydrogens is 350 g/mol. The normalized spacial score (nSPS) is 24.8. The highest BCUT2D eigenvalue weighted by Crippen LogP contribution is 2.43. The number of hydrogen-bond acceptors (Lipinski definition) is 4. The molecule has 2 saturated heterocycles. The van der Waals surface area contributed by atoms with Gasteiger partial charge in [0, 0.05) is 42.7 Å². The van der Waals surface area contributed by atoms with E-state index in [-0.39, 0.29) is 0 Å². The van der Waals surface area contributed by atoms with E-state index in [1.54, 1.807) is 11.3 Å². The van der Waals surface area contributed by atoms with Crippen molar-refractivity contribution in [3.05, 3.63) is 87.9 Å². The molecule has 2 aliphatic rings. The number of piperidine rings is 1. The van der Waals surface area contributed by atoms with Crippen LogP contribution in [0, 0.1) is 0 Å². The lowest BCUT2D eigenvalue weighted by molar-refractivity contribution is -0.0483. The molecule has 0 amide bonds. The van der Waals surface area contributed by atoms with Gasteiger partial charge in [0.15, 0.2) is 0 Å². The minimum atomic E-state index is 0.582. The van der Waals surface area contributed by atoms with Crippen LogP contribution in [-0.2, 0) is 6.54 Å². The fourth-order valence-electron chi connectivity index (χ4n) is 4.43. The molecule has 5 rings (SSSR count). The number of benzene rings is 2. The van der Waals surface area contributed by atoms with Gasteiger partial charge >= 0.3 is 0 Å². The minimum absolute atomic E-state index is 0.582. The molecule has 0 saturated carbocycles. The Morgan fingerprint density at radius 2 is 1.67 bits per heavy atom. The van der Waals surface area contributed by atoms with Gasteiger partial charge in [-0.3, -0.25) is 4.90 Å². The molecule has 4 heteroatoms. The third kappa shape index (κ3) is 3.36. The predicted molar refractivity (Wildman–Crippen MR) is 113 cm³/mol. The van der Waals surface area contributed by atoms with Gasteiger partial charge in [-0.15, -0.1) is 11.3 Å². The second kappa shape index (κ2) is 7.39. The van der Waals surface area contributed by atoms with Gasteiger partial charge in [-0.1, -0.05) is 66.7 Å². The molecule has 3 aromatic rings. The number of aromatic nitrogens is 1. The average molecular weight is 374 g/mol. The van der Waals surface area contributed by atoms with Crippen molar-refractivity contribution >= 4 is 23.5 Å². The molecule has 1 aromatic heterocycles. The van der Waals surface area contributed by atoms with Gasteiger partial charge in [0.25, 0.3) is 0 Å². The molecule has 27 heavy (non-hydrogen) atoms. The summed E-state index contributed by atoms with van der Waals surface area (Å²) in [5.74, 6) is 0.637. The second-order valence-corrected chi connectivity index (χ2v) is 8.31. The number of rotatable bonds is 5. The molecule has 2 aliphatic heterocycles. The number of thiazole rings is 1. The van der Waals surface area contributed by atoms with Crippen molar-refractivity contribution in [3.8, 4) is 0 Å². The topological polar surface area (TPSA) is 28.2 Å². The van der Waals surface area contributed by atoms with Gasteiger partial charge in [0.2, 0.25) is 0 Å². The summed E-state index contributed by atoms with van der Waals surface area (Å²) in [6, 6.07) is 20.8. The standard InChI is InChI=1S/C23H23N3S/c1-2-4-17(5-3-1)6-7-18-8-10-19(11-9-18)23-20-14-24-15-21(23)26(20)16-22-25-12-13-27-22/h1-13,20-21,23-24H,14-16H2/b7-6+/t20-,21+,23?. The molecule has 2 aromatic carbocycles. The van der Waals surface area contributed by atoms with Crippen LogP contribution in [0.4, 0.5) is 0 Å². The lowest BCUT2D eigenvalue weighted by atomic mass is 9.72. The lowest BCUT2D eigenvalue weighted by Gasteiger charge is -2.59. The van der Waals surface area contributed by atoms with Crippen LogP contribution in [0.15, 0.2) is 66.2 Å². The fourth-order valence-corrected chi connectivity index (χ4v) is 5.06. The molecule has 2 bridgehead atoms. The summed E-state index contributed by atoms with van der Waals surface area (Å²) in [5, 5.41) is 6.87. The van der Waals surface area contributed by atoms with Crippen LogP contribution in [0.25, 0.3) is 12.2 Å². The first-order valence-electron chi connectivity index (χ1n) is 9.56. The number of likely N-dealkylation sites (tertiary alicyclic amines) is 1. The quantitative estimate of drug-likeness (QED) is 0.678. The molecule has 0 radical (unpaired) electrons. The summed E-state index contributed by atoms with van der Waals surface area (Å²) >= 11 is 1.76. The van der Waals surface area contributed by atoms with Crippen molar-refractivity contribution in [2.45, 2.75) is 24.5 Å². The van der Waals surface area contributed by atoms with E-state index in [0.29, 0.717) is 18.0 Å². The molecule has 0 spiro atoms. The Morgan fingerprint density at radius 1 is 0.963 bits per heavy atom. The van der Waals surface area contributed by atoms with E-state index in [4.69, 9.17) is 0 Å². The van der Waals surface area contributed by atoms with Crippen LogP contribution in [0.5, 0.6) is 0 Å². The molecule has 0 aliphatic carbocycles. The zero-order valence-corrected chi connectivity index (χ0v) is 16.0.